The zero-order valence-electron chi connectivity index (χ0n) is 11.5. The van der Waals surface area contributed by atoms with E-state index in [0.29, 0.717) is 12.5 Å². The Labute approximate surface area is 110 Å². The van der Waals surface area contributed by atoms with Crippen molar-refractivity contribution < 1.29 is 5.11 Å². The van der Waals surface area contributed by atoms with Gasteiger partial charge in [-0.2, -0.15) is 0 Å². The van der Waals surface area contributed by atoms with E-state index in [4.69, 9.17) is 5.73 Å². The molecule has 0 saturated carbocycles. The van der Waals surface area contributed by atoms with E-state index >= 15 is 0 Å². The van der Waals surface area contributed by atoms with Crippen LogP contribution in [-0.4, -0.2) is 17.8 Å². The van der Waals surface area contributed by atoms with Crippen LogP contribution in [0.3, 0.4) is 0 Å². The van der Waals surface area contributed by atoms with Crippen molar-refractivity contribution in [1.29, 1.82) is 0 Å². The van der Waals surface area contributed by atoms with E-state index in [1.165, 1.54) is 11.1 Å². The molecule has 0 aromatic heterocycles. The van der Waals surface area contributed by atoms with Crippen LogP contribution < -0.4 is 5.73 Å². The SMILES string of the molecule is CCC(C)C(O)C1(CN)CCc2ccccc2C1. The molecule has 0 bridgehead atoms. The first-order chi connectivity index (χ1) is 8.63. The van der Waals surface area contributed by atoms with Gasteiger partial charge in [0.1, 0.15) is 0 Å². The molecule has 3 N–H and O–H groups in total. The van der Waals surface area contributed by atoms with Crippen molar-refractivity contribution >= 4 is 0 Å². The lowest BCUT2D eigenvalue weighted by atomic mass is 9.65. The maximum atomic E-state index is 10.6. The van der Waals surface area contributed by atoms with Crippen molar-refractivity contribution in [3.05, 3.63) is 35.4 Å². The van der Waals surface area contributed by atoms with Gasteiger partial charge in [-0.25, -0.2) is 0 Å². The standard InChI is InChI=1S/C16H25NO/c1-3-12(2)15(18)16(11-17)9-8-13-6-4-5-7-14(13)10-16/h4-7,12,15,18H,3,8-11,17H2,1-2H3. The highest BCUT2D eigenvalue weighted by Crippen LogP contribution is 2.40. The van der Waals surface area contributed by atoms with Crippen LogP contribution in [0.2, 0.25) is 0 Å². The van der Waals surface area contributed by atoms with Gasteiger partial charge in [0.25, 0.3) is 0 Å². The lowest BCUT2D eigenvalue weighted by molar-refractivity contribution is -0.0194. The molecule has 1 aromatic rings. The number of aliphatic hydroxyl groups excluding tert-OH is 1. The Kier molecular flexibility index (Phi) is 4.08. The average molecular weight is 247 g/mol. The minimum Gasteiger partial charge on any atom is -0.392 e. The zero-order valence-corrected chi connectivity index (χ0v) is 11.5. The summed E-state index contributed by atoms with van der Waals surface area (Å²) in [5, 5.41) is 10.6. The Hall–Kier alpha value is -0.860. The largest absolute Gasteiger partial charge is 0.392 e. The maximum Gasteiger partial charge on any atom is 0.0637 e. The van der Waals surface area contributed by atoms with Gasteiger partial charge >= 0.3 is 0 Å². The molecule has 0 saturated heterocycles. The van der Waals surface area contributed by atoms with Gasteiger partial charge < -0.3 is 10.8 Å². The first-order valence-corrected chi connectivity index (χ1v) is 7.08. The molecule has 0 fully saturated rings. The summed E-state index contributed by atoms with van der Waals surface area (Å²) in [5.41, 5.74) is 8.71. The molecule has 0 spiro atoms. The molecular formula is C16H25NO. The molecule has 3 unspecified atom stereocenters. The number of rotatable bonds is 4. The summed E-state index contributed by atoms with van der Waals surface area (Å²) < 4.78 is 0. The van der Waals surface area contributed by atoms with Crippen molar-refractivity contribution in [3.8, 4) is 0 Å². The lowest BCUT2D eigenvalue weighted by Crippen LogP contribution is -2.48. The highest BCUT2D eigenvalue weighted by atomic mass is 16.3. The van der Waals surface area contributed by atoms with Crippen LogP contribution in [0.25, 0.3) is 0 Å². The maximum absolute atomic E-state index is 10.6. The summed E-state index contributed by atoms with van der Waals surface area (Å²) in [4.78, 5) is 0. The van der Waals surface area contributed by atoms with Gasteiger partial charge in [-0.3, -0.25) is 0 Å². The molecule has 1 aromatic carbocycles. The predicted octanol–water partition coefficient (Wildman–Crippen LogP) is 2.53. The van der Waals surface area contributed by atoms with E-state index in [9.17, 15) is 5.11 Å². The van der Waals surface area contributed by atoms with Crippen molar-refractivity contribution in [2.45, 2.75) is 45.6 Å². The number of fused-ring (bicyclic) bond motifs is 1. The fourth-order valence-corrected chi connectivity index (χ4v) is 3.20. The molecule has 100 valence electrons. The topological polar surface area (TPSA) is 46.2 Å². The Balaban J connectivity index is 2.26. The monoisotopic (exact) mass is 247 g/mol. The molecule has 3 atom stereocenters. The second-order valence-electron chi connectivity index (χ2n) is 5.84. The number of nitrogens with two attached hydrogens (primary N) is 1. The summed E-state index contributed by atoms with van der Waals surface area (Å²) >= 11 is 0. The van der Waals surface area contributed by atoms with Crippen LogP contribution in [0.5, 0.6) is 0 Å². The first-order valence-electron chi connectivity index (χ1n) is 7.08. The van der Waals surface area contributed by atoms with Crippen LogP contribution in [0.15, 0.2) is 24.3 Å². The van der Waals surface area contributed by atoms with Gasteiger partial charge in [-0.1, -0.05) is 44.5 Å². The third kappa shape index (κ3) is 2.32. The third-order valence-corrected chi connectivity index (χ3v) is 4.77. The molecule has 0 radical (unpaired) electrons. The molecular weight excluding hydrogens is 222 g/mol. The molecule has 2 nitrogen and oxygen atoms in total. The second kappa shape index (κ2) is 5.41. The van der Waals surface area contributed by atoms with Crippen LogP contribution in [0, 0.1) is 11.3 Å². The minimum atomic E-state index is -0.291. The molecule has 2 rings (SSSR count). The van der Waals surface area contributed by atoms with E-state index in [1.807, 2.05) is 0 Å². The van der Waals surface area contributed by atoms with E-state index < -0.39 is 0 Å². The lowest BCUT2D eigenvalue weighted by Gasteiger charge is -2.43. The van der Waals surface area contributed by atoms with Crippen molar-refractivity contribution in [2.75, 3.05) is 6.54 Å². The van der Waals surface area contributed by atoms with Crippen LogP contribution in [0.4, 0.5) is 0 Å². The predicted molar refractivity (Wildman–Crippen MR) is 75.4 cm³/mol. The van der Waals surface area contributed by atoms with Gasteiger partial charge in [0.2, 0.25) is 0 Å². The third-order valence-electron chi connectivity index (χ3n) is 4.77. The Morgan fingerprint density at radius 1 is 1.33 bits per heavy atom. The molecule has 1 aliphatic carbocycles. The molecule has 0 aliphatic heterocycles. The van der Waals surface area contributed by atoms with Gasteiger partial charge in [-0.05, 0) is 36.3 Å². The van der Waals surface area contributed by atoms with E-state index in [-0.39, 0.29) is 11.5 Å². The van der Waals surface area contributed by atoms with E-state index in [0.717, 1.165) is 25.7 Å². The molecule has 0 heterocycles. The van der Waals surface area contributed by atoms with Crippen LogP contribution >= 0.6 is 0 Å². The molecule has 1 aliphatic rings. The second-order valence-corrected chi connectivity index (χ2v) is 5.84. The summed E-state index contributed by atoms with van der Waals surface area (Å²) in [6.07, 6.45) is 3.68. The summed E-state index contributed by atoms with van der Waals surface area (Å²) in [7, 11) is 0. The first kappa shape index (κ1) is 13.6. The number of benzene rings is 1. The van der Waals surface area contributed by atoms with Crippen molar-refractivity contribution in [3.63, 3.8) is 0 Å². The van der Waals surface area contributed by atoms with Gasteiger partial charge in [0, 0.05) is 12.0 Å². The van der Waals surface area contributed by atoms with Crippen LogP contribution in [0.1, 0.15) is 37.8 Å². The normalized spacial score (nSPS) is 26.4. The summed E-state index contributed by atoms with van der Waals surface area (Å²) in [6, 6.07) is 8.56. The van der Waals surface area contributed by atoms with E-state index in [2.05, 4.69) is 38.1 Å². The van der Waals surface area contributed by atoms with Gasteiger partial charge in [0.15, 0.2) is 0 Å². The summed E-state index contributed by atoms with van der Waals surface area (Å²) in [5.74, 6) is 0.318. The molecule has 0 amide bonds. The van der Waals surface area contributed by atoms with E-state index in [1.54, 1.807) is 0 Å². The van der Waals surface area contributed by atoms with Crippen molar-refractivity contribution in [2.24, 2.45) is 17.1 Å². The van der Waals surface area contributed by atoms with Gasteiger partial charge in [0.05, 0.1) is 6.10 Å². The zero-order chi connectivity index (χ0) is 13.2. The Morgan fingerprint density at radius 2 is 2.00 bits per heavy atom. The Morgan fingerprint density at radius 3 is 2.61 bits per heavy atom. The fourth-order valence-electron chi connectivity index (χ4n) is 3.20. The number of aliphatic hydroxyl groups is 1. The van der Waals surface area contributed by atoms with Crippen molar-refractivity contribution in [1.82, 2.24) is 0 Å². The number of aryl methyl sites for hydroxylation is 1. The van der Waals surface area contributed by atoms with Gasteiger partial charge in [-0.15, -0.1) is 0 Å². The average Bonchev–Trinajstić information content (AvgIpc) is 2.45. The number of hydrogen-bond acceptors (Lipinski definition) is 2. The van der Waals surface area contributed by atoms with Crippen LogP contribution in [-0.2, 0) is 12.8 Å². The highest BCUT2D eigenvalue weighted by Gasteiger charge is 2.41. The molecule has 2 heteroatoms. The summed E-state index contributed by atoms with van der Waals surface area (Å²) in [6.45, 7) is 4.84. The Bertz CT molecular complexity index is 404. The fraction of sp³-hybridized carbons (Fsp3) is 0.625. The smallest absolute Gasteiger partial charge is 0.0637 e. The molecule has 18 heavy (non-hydrogen) atoms. The number of hydrogen-bond donors (Lipinski definition) is 2. The quantitative estimate of drug-likeness (QED) is 0.859. The minimum absolute atomic E-state index is 0.121. The highest BCUT2D eigenvalue weighted by molar-refractivity contribution is 5.31.